The van der Waals surface area contributed by atoms with Gasteiger partial charge in [-0.3, -0.25) is 4.90 Å². The van der Waals surface area contributed by atoms with E-state index in [4.69, 9.17) is 5.73 Å². The summed E-state index contributed by atoms with van der Waals surface area (Å²) in [7, 11) is 2.17. The highest BCUT2D eigenvalue weighted by molar-refractivity contribution is 5.77. The number of nitrogens with zero attached hydrogens (tertiary/aromatic N) is 4. The molecule has 0 atom stereocenters. The van der Waals surface area contributed by atoms with Crippen LogP contribution < -0.4 is 5.73 Å². The molecule has 2 heterocycles. The lowest BCUT2D eigenvalue weighted by Crippen LogP contribution is -2.43. The largest absolute Gasteiger partial charge is 0.507 e. The molecule has 0 radical (unpaired) electrons. The molecule has 1 fully saturated rings. The van der Waals surface area contributed by atoms with Gasteiger partial charge in [0.25, 0.3) is 0 Å². The molecule has 0 aliphatic carbocycles. The molecule has 1 saturated heterocycles. The van der Waals surface area contributed by atoms with Crippen LogP contribution in [0.25, 0.3) is 22.4 Å². The lowest BCUT2D eigenvalue weighted by molar-refractivity contribution is 0.148. The van der Waals surface area contributed by atoms with E-state index in [9.17, 15) is 5.11 Å². The molecule has 0 saturated carbocycles. The molecular formula is C22H25N5O. The van der Waals surface area contributed by atoms with Gasteiger partial charge in [-0.25, -0.2) is 9.97 Å². The van der Waals surface area contributed by atoms with Crippen LogP contribution in [-0.4, -0.2) is 58.1 Å². The minimum Gasteiger partial charge on any atom is -0.507 e. The van der Waals surface area contributed by atoms with Crippen LogP contribution in [-0.2, 0) is 6.54 Å². The van der Waals surface area contributed by atoms with Gasteiger partial charge in [0, 0.05) is 44.5 Å². The van der Waals surface area contributed by atoms with Crippen LogP contribution in [0.1, 0.15) is 5.56 Å². The quantitative estimate of drug-likeness (QED) is 0.730. The fourth-order valence-electron chi connectivity index (χ4n) is 3.62. The second-order valence-electron chi connectivity index (χ2n) is 7.27. The van der Waals surface area contributed by atoms with Gasteiger partial charge in [0.05, 0.1) is 5.69 Å². The summed E-state index contributed by atoms with van der Waals surface area (Å²) in [6, 6.07) is 15.9. The molecule has 4 rings (SSSR count). The van der Waals surface area contributed by atoms with Crippen LogP contribution in [0.5, 0.6) is 5.75 Å². The first-order valence-corrected chi connectivity index (χ1v) is 9.51. The van der Waals surface area contributed by atoms with Gasteiger partial charge in [-0.2, -0.15) is 0 Å². The maximum atomic E-state index is 10.4. The molecule has 1 aliphatic heterocycles. The Kier molecular flexibility index (Phi) is 5.23. The van der Waals surface area contributed by atoms with Gasteiger partial charge in [-0.1, -0.05) is 30.3 Å². The number of anilines is 1. The van der Waals surface area contributed by atoms with E-state index in [1.165, 1.54) is 11.1 Å². The maximum absolute atomic E-state index is 10.4. The molecule has 0 unspecified atom stereocenters. The first-order valence-electron chi connectivity index (χ1n) is 9.51. The molecular weight excluding hydrogens is 350 g/mol. The minimum atomic E-state index is 0.179. The molecule has 6 nitrogen and oxygen atoms in total. The van der Waals surface area contributed by atoms with E-state index in [1.807, 2.05) is 12.1 Å². The predicted molar refractivity (Wildman–Crippen MR) is 112 cm³/mol. The van der Waals surface area contributed by atoms with E-state index >= 15 is 0 Å². The number of nitrogens with two attached hydrogens (primary N) is 1. The van der Waals surface area contributed by atoms with Crippen LogP contribution >= 0.6 is 0 Å². The molecule has 3 aromatic rings. The smallest absolute Gasteiger partial charge is 0.220 e. The summed E-state index contributed by atoms with van der Waals surface area (Å²) < 4.78 is 0. The van der Waals surface area contributed by atoms with E-state index in [1.54, 1.807) is 18.3 Å². The van der Waals surface area contributed by atoms with Crippen molar-refractivity contribution in [3.05, 3.63) is 60.3 Å². The third kappa shape index (κ3) is 3.98. The number of phenolic OH excluding ortho intramolecular Hbond substituents is 1. The van der Waals surface area contributed by atoms with Crippen molar-refractivity contribution >= 4 is 5.95 Å². The van der Waals surface area contributed by atoms with Gasteiger partial charge in [0.2, 0.25) is 5.95 Å². The van der Waals surface area contributed by atoms with E-state index in [0.29, 0.717) is 11.3 Å². The zero-order valence-electron chi connectivity index (χ0n) is 16.0. The standard InChI is InChI=1S/C22H25N5O/c1-26-10-12-27(13-11-26)15-17-4-2-3-5-18(17)16-6-7-21(28)19(14-16)20-8-9-24-22(23)25-20/h2-9,14,28H,10-13,15H2,1H3,(H2,23,24,25). The van der Waals surface area contributed by atoms with E-state index < -0.39 is 0 Å². The summed E-state index contributed by atoms with van der Waals surface area (Å²) in [6.45, 7) is 5.26. The summed E-state index contributed by atoms with van der Waals surface area (Å²) in [6.07, 6.45) is 1.60. The van der Waals surface area contributed by atoms with Crippen molar-refractivity contribution in [1.29, 1.82) is 0 Å². The van der Waals surface area contributed by atoms with Crippen LogP contribution in [0.15, 0.2) is 54.7 Å². The number of aromatic hydroxyl groups is 1. The number of nitrogen functional groups attached to an aromatic ring is 1. The summed E-state index contributed by atoms with van der Waals surface area (Å²) in [5, 5.41) is 10.4. The van der Waals surface area contributed by atoms with E-state index in [-0.39, 0.29) is 11.7 Å². The molecule has 2 aromatic carbocycles. The average molecular weight is 375 g/mol. The van der Waals surface area contributed by atoms with Crippen molar-refractivity contribution in [1.82, 2.24) is 19.8 Å². The van der Waals surface area contributed by atoms with Crippen LogP contribution in [0.2, 0.25) is 0 Å². The number of hydrogen-bond donors (Lipinski definition) is 2. The van der Waals surface area contributed by atoms with Crippen molar-refractivity contribution in [2.24, 2.45) is 0 Å². The Morgan fingerprint density at radius 2 is 1.79 bits per heavy atom. The van der Waals surface area contributed by atoms with Gasteiger partial charge in [-0.05, 0) is 41.9 Å². The molecule has 6 heteroatoms. The second-order valence-corrected chi connectivity index (χ2v) is 7.27. The van der Waals surface area contributed by atoms with Crippen molar-refractivity contribution in [3.8, 4) is 28.1 Å². The molecule has 0 bridgehead atoms. The van der Waals surface area contributed by atoms with Crippen molar-refractivity contribution in [2.45, 2.75) is 6.54 Å². The third-order valence-electron chi connectivity index (χ3n) is 5.26. The van der Waals surface area contributed by atoms with Gasteiger partial charge < -0.3 is 15.7 Å². The lowest BCUT2D eigenvalue weighted by Gasteiger charge is -2.32. The van der Waals surface area contributed by atoms with Gasteiger partial charge in [-0.15, -0.1) is 0 Å². The van der Waals surface area contributed by atoms with E-state index in [0.717, 1.165) is 38.3 Å². The highest BCUT2D eigenvalue weighted by atomic mass is 16.3. The zero-order chi connectivity index (χ0) is 19.5. The normalized spacial score (nSPS) is 15.6. The van der Waals surface area contributed by atoms with Gasteiger partial charge in [0.1, 0.15) is 5.75 Å². The summed E-state index contributed by atoms with van der Waals surface area (Å²) in [4.78, 5) is 13.0. The molecule has 0 spiro atoms. The van der Waals surface area contributed by atoms with Crippen LogP contribution in [0, 0.1) is 0 Å². The average Bonchev–Trinajstić information content (AvgIpc) is 2.71. The fourth-order valence-corrected chi connectivity index (χ4v) is 3.62. The van der Waals surface area contributed by atoms with Crippen molar-refractivity contribution in [2.75, 3.05) is 39.0 Å². The fraction of sp³-hybridized carbons (Fsp3) is 0.273. The maximum Gasteiger partial charge on any atom is 0.220 e. The van der Waals surface area contributed by atoms with Gasteiger partial charge in [0.15, 0.2) is 0 Å². The first kappa shape index (κ1) is 18.4. The highest BCUT2D eigenvalue weighted by Gasteiger charge is 2.16. The Hall–Kier alpha value is -2.96. The summed E-state index contributed by atoms with van der Waals surface area (Å²) >= 11 is 0. The number of hydrogen-bond acceptors (Lipinski definition) is 6. The Balaban J connectivity index is 1.67. The molecule has 1 aromatic heterocycles. The number of rotatable bonds is 4. The second kappa shape index (κ2) is 7.96. The zero-order valence-corrected chi connectivity index (χ0v) is 16.0. The number of likely N-dealkylation sites (N-methyl/N-ethyl adjacent to an activating group) is 1. The van der Waals surface area contributed by atoms with Crippen LogP contribution in [0.3, 0.4) is 0 Å². The van der Waals surface area contributed by atoms with E-state index in [2.05, 4.69) is 51.1 Å². The lowest BCUT2D eigenvalue weighted by atomic mass is 9.96. The van der Waals surface area contributed by atoms with Crippen molar-refractivity contribution < 1.29 is 5.11 Å². The number of benzene rings is 2. The number of aromatic nitrogens is 2. The third-order valence-corrected chi connectivity index (χ3v) is 5.26. The number of phenols is 1. The van der Waals surface area contributed by atoms with Crippen molar-refractivity contribution in [3.63, 3.8) is 0 Å². The number of piperazine rings is 1. The molecule has 28 heavy (non-hydrogen) atoms. The Morgan fingerprint density at radius 3 is 2.57 bits per heavy atom. The molecule has 1 aliphatic rings. The summed E-state index contributed by atoms with van der Waals surface area (Å²) in [5.74, 6) is 0.371. The highest BCUT2D eigenvalue weighted by Crippen LogP contribution is 2.34. The van der Waals surface area contributed by atoms with Gasteiger partial charge >= 0.3 is 0 Å². The SMILES string of the molecule is CN1CCN(Cc2ccccc2-c2ccc(O)c(-c3ccnc(N)n3)c2)CC1. The topological polar surface area (TPSA) is 78.5 Å². The van der Waals surface area contributed by atoms with Crippen LogP contribution in [0.4, 0.5) is 5.95 Å². The summed E-state index contributed by atoms with van der Waals surface area (Å²) in [5.41, 5.74) is 10.5. The Bertz CT molecular complexity index is 967. The Morgan fingerprint density at radius 1 is 1.00 bits per heavy atom. The molecule has 3 N–H and O–H groups in total. The minimum absolute atomic E-state index is 0.179. The molecule has 144 valence electrons. The monoisotopic (exact) mass is 375 g/mol. The molecule has 0 amide bonds. The Labute approximate surface area is 165 Å². The first-order chi connectivity index (χ1) is 13.6. The predicted octanol–water partition coefficient (Wildman–Crippen LogP) is 2.85.